The molecule has 0 aliphatic rings. The Morgan fingerprint density at radius 3 is 2.17 bits per heavy atom. The molecular weight excluding hydrogens is 293 g/mol. The normalized spacial score (nSPS) is 12.4. The molecule has 0 radical (unpaired) electrons. The Morgan fingerprint density at radius 1 is 1.09 bits per heavy atom. The smallest absolute Gasteiger partial charge is 0.337 e. The minimum Gasteiger partial charge on any atom is -0.478 e. The predicted octanol–water partition coefficient (Wildman–Crippen LogP) is 5.84. The van der Waals surface area contributed by atoms with E-state index in [9.17, 15) is 9.18 Å². The van der Waals surface area contributed by atoms with Crippen molar-refractivity contribution in [2.75, 3.05) is 0 Å². The summed E-state index contributed by atoms with van der Waals surface area (Å²) in [4.78, 5) is 10.8. The van der Waals surface area contributed by atoms with Crippen LogP contribution in [0, 0.1) is 0 Å². The van der Waals surface area contributed by atoms with Gasteiger partial charge in [0.2, 0.25) is 0 Å². The number of aromatic carboxylic acids is 1. The lowest BCUT2D eigenvalue weighted by atomic mass is 10.0. The molecule has 3 nitrogen and oxygen atoms in total. The van der Waals surface area contributed by atoms with Crippen LogP contribution < -0.4 is 0 Å². The molecule has 132 valence electrons. The third-order valence-electron chi connectivity index (χ3n) is 4.28. The van der Waals surface area contributed by atoms with Gasteiger partial charge in [0, 0.05) is 12.4 Å². The van der Waals surface area contributed by atoms with Gasteiger partial charge in [0.25, 0.3) is 0 Å². The molecule has 1 aromatic rings. The lowest BCUT2D eigenvalue weighted by Crippen LogP contribution is -2.10. The Hall–Kier alpha value is -1.32. The van der Waals surface area contributed by atoms with Crippen molar-refractivity contribution in [2.45, 2.75) is 90.3 Å². The summed E-state index contributed by atoms with van der Waals surface area (Å²) in [5.74, 6) is -0.964. The summed E-state index contributed by atoms with van der Waals surface area (Å²) in [6.45, 7) is 2.49. The van der Waals surface area contributed by atoms with E-state index in [2.05, 4.69) is 6.92 Å². The highest BCUT2D eigenvalue weighted by Gasteiger charge is 2.09. The molecule has 0 aliphatic heterocycles. The minimum absolute atomic E-state index is 0.219. The molecule has 0 unspecified atom stereocenters. The van der Waals surface area contributed by atoms with E-state index in [1.165, 1.54) is 63.6 Å². The maximum absolute atomic E-state index is 13.9. The van der Waals surface area contributed by atoms with Gasteiger partial charge in [0.1, 0.15) is 6.17 Å². The van der Waals surface area contributed by atoms with Gasteiger partial charge in [-0.15, -0.1) is 0 Å². The van der Waals surface area contributed by atoms with Gasteiger partial charge in [0.15, 0.2) is 0 Å². The van der Waals surface area contributed by atoms with Gasteiger partial charge in [-0.25, -0.2) is 9.18 Å². The Bertz CT molecular complexity index is 431. The number of carboxylic acids is 1. The molecule has 0 fully saturated rings. The Labute approximate surface area is 139 Å². The largest absolute Gasteiger partial charge is 0.478 e. The molecule has 0 aromatic carbocycles. The summed E-state index contributed by atoms with van der Waals surface area (Å²) < 4.78 is 15.5. The van der Waals surface area contributed by atoms with Gasteiger partial charge in [-0.05, 0) is 12.5 Å². The molecule has 0 aliphatic carbocycles. The summed E-state index contributed by atoms with van der Waals surface area (Å²) in [6.07, 6.45) is 15.3. The van der Waals surface area contributed by atoms with Crippen LogP contribution in [0.15, 0.2) is 18.5 Å². The second-order valence-corrected chi connectivity index (χ2v) is 6.47. The first-order valence-corrected chi connectivity index (χ1v) is 9.16. The summed E-state index contributed by atoms with van der Waals surface area (Å²) in [5, 5.41) is 8.83. The zero-order valence-corrected chi connectivity index (χ0v) is 14.5. The lowest BCUT2D eigenvalue weighted by Gasteiger charge is -2.09. The van der Waals surface area contributed by atoms with E-state index in [-0.39, 0.29) is 12.1 Å². The number of nitrogens with zero attached hydrogens (tertiary/aromatic N) is 1. The quantitative estimate of drug-likeness (QED) is 0.437. The molecule has 0 amide bonds. The fraction of sp³-hybridized carbons (Fsp3) is 0.737. The topological polar surface area (TPSA) is 42.2 Å². The predicted molar refractivity (Wildman–Crippen MR) is 92.7 cm³/mol. The zero-order valence-electron chi connectivity index (χ0n) is 14.5. The van der Waals surface area contributed by atoms with E-state index in [4.69, 9.17) is 5.11 Å². The summed E-state index contributed by atoms with van der Waals surface area (Å²) in [6, 6.07) is 1.51. The Balaban J connectivity index is 1.97. The van der Waals surface area contributed by atoms with Gasteiger partial charge in [-0.2, -0.15) is 0 Å². The number of aromatic nitrogens is 1. The summed E-state index contributed by atoms with van der Waals surface area (Å²) in [7, 11) is 0. The fourth-order valence-corrected chi connectivity index (χ4v) is 2.85. The highest BCUT2D eigenvalue weighted by atomic mass is 19.1. The third-order valence-corrected chi connectivity index (χ3v) is 4.28. The molecule has 0 saturated carbocycles. The van der Waals surface area contributed by atoms with Gasteiger partial charge < -0.3 is 9.67 Å². The maximum atomic E-state index is 13.9. The third kappa shape index (κ3) is 9.42. The van der Waals surface area contributed by atoms with Crippen molar-refractivity contribution in [3.05, 3.63) is 24.0 Å². The highest BCUT2D eigenvalue weighted by Crippen LogP contribution is 2.14. The second-order valence-electron chi connectivity index (χ2n) is 6.47. The van der Waals surface area contributed by atoms with E-state index in [0.717, 1.165) is 12.8 Å². The first kappa shape index (κ1) is 19.7. The van der Waals surface area contributed by atoms with Crippen molar-refractivity contribution in [2.24, 2.45) is 0 Å². The number of carbonyl (C=O) groups is 1. The van der Waals surface area contributed by atoms with Gasteiger partial charge in [-0.3, -0.25) is 0 Å². The molecule has 1 N–H and O–H groups in total. The molecule has 1 heterocycles. The molecule has 1 rings (SSSR count). The molecule has 23 heavy (non-hydrogen) atoms. The molecule has 1 aromatic heterocycles. The maximum Gasteiger partial charge on any atom is 0.337 e. The van der Waals surface area contributed by atoms with Crippen molar-refractivity contribution in [1.29, 1.82) is 0 Å². The van der Waals surface area contributed by atoms with E-state index in [0.29, 0.717) is 6.42 Å². The Morgan fingerprint density at radius 2 is 1.65 bits per heavy atom. The van der Waals surface area contributed by atoms with Crippen molar-refractivity contribution >= 4 is 5.97 Å². The average molecular weight is 325 g/mol. The van der Waals surface area contributed by atoms with Gasteiger partial charge >= 0.3 is 5.97 Å². The zero-order chi connectivity index (χ0) is 16.9. The first-order chi connectivity index (χ1) is 11.1. The van der Waals surface area contributed by atoms with Crippen molar-refractivity contribution in [3.8, 4) is 0 Å². The van der Waals surface area contributed by atoms with Crippen LogP contribution >= 0.6 is 0 Å². The van der Waals surface area contributed by atoms with Gasteiger partial charge in [-0.1, -0.05) is 71.1 Å². The van der Waals surface area contributed by atoms with Crippen LogP contribution in [0.25, 0.3) is 0 Å². The fourth-order valence-electron chi connectivity index (χ4n) is 2.85. The van der Waals surface area contributed by atoms with Crippen LogP contribution in [0.3, 0.4) is 0 Å². The molecule has 0 spiro atoms. The van der Waals surface area contributed by atoms with E-state index >= 15 is 0 Å². The summed E-state index contributed by atoms with van der Waals surface area (Å²) in [5.41, 5.74) is 0.219. The standard InChI is InChI=1S/C19H32FNO2/c1-2-3-4-5-6-7-8-9-10-11-12-18(20)16-21-14-13-17(15-21)19(22)23/h13-15,18H,2-12,16H2,1H3,(H,22,23)/t18-/m0/s1. The molecular formula is C19H32FNO2. The SMILES string of the molecule is CCCCCCCCCCCC[C@H](F)Cn1ccc(C(=O)O)c1. The van der Waals surface area contributed by atoms with Crippen LogP contribution in [-0.2, 0) is 6.54 Å². The van der Waals surface area contributed by atoms with E-state index in [1.54, 1.807) is 10.8 Å². The number of hydrogen-bond acceptors (Lipinski definition) is 1. The number of rotatable bonds is 14. The van der Waals surface area contributed by atoms with Crippen molar-refractivity contribution in [3.63, 3.8) is 0 Å². The number of alkyl halides is 1. The lowest BCUT2D eigenvalue weighted by molar-refractivity contribution is 0.0696. The van der Waals surface area contributed by atoms with Crippen LogP contribution in [0.5, 0.6) is 0 Å². The van der Waals surface area contributed by atoms with Crippen molar-refractivity contribution < 1.29 is 14.3 Å². The van der Waals surface area contributed by atoms with Crippen LogP contribution in [0.4, 0.5) is 4.39 Å². The first-order valence-electron chi connectivity index (χ1n) is 9.16. The summed E-state index contributed by atoms with van der Waals surface area (Å²) >= 11 is 0. The van der Waals surface area contributed by atoms with E-state index < -0.39 is 12.1 Å². The number of halogens is 1. The minimum atomic E-state index is -0.964. The molecule has 0 bridgehead atoms. The average Bonchev–Trinajstić information content (AvgIpc) is 2.98. The van der Waals surface area contributed by atoms with Crippen molar-refractivity contribution in [1.82, 2.24) is 4.57 Å². The van der Waals surface area contributed by atoms with E-state index in [1.807, 2.05) is 0 Å². The number of hydrogen-bond donors (Lipinski definition) is 1. The highest BCUT2D eigenvalue weighted by molar-refractivity contribution is 5.87. The monoisotopic (exact) mass is 325 g/mol. The molecule has 1 atom stereocenters. The van der Waals surface area contributed by atoms with Crippen LogP contribution in [0.2, 0.25) is 0 Å². The van der Waals surface area contributed by atoms with Gasteiger partial charge in [0.05, 0.1) is 12.1 Å². The molecule has 0 saturated heterocycles. The molecule has 4 heteroatoms. The number of carboxylic acid groups (broad SMARTS) is 1. The van der Waals surface area contributed by atoms with Crippen LogP contribution in [0.1, 0.15) is 87.9 Å². The number of unbranched alkanes of at least 4 members (excludes halogenated alkanes) is 9. The Kier molecular flexibility index (Phi) is 10.4. The second kappa shape index (κ2) is 12.1. The van der Waals surface area contributed by atoms with Crippen LogP contribution in [-0.4, -0.2) is 21.8 Å².